The molecule has 0 N–H and O–H groups in total. The summed E-state index contributed by atoms with van der Waals surface area (Å²) < 4.78 is 5.63. The highest BCUT2D eigenvalue weighted by Gasteiger charge is 2.45. The molecule has 5 heteroatoms. The van der Waals surface area contributed by atoms with Crippen LogP contribution in [0.4, 0.5) is 0 Å². The van der Waals surface area contributed by atoms with Gasteiger partial charge in [0.25, 0.3) is 0 Å². The predicted molar refractivity (Wildman–Crippen MR) is 116 cm³/mol. The lowest BCUT2D eigenvalue weighted by Crippen LogP contribution is -2.35. The second kappa shape index (κ2) is 7.13. The molecule has 2 aliphatic heterocycles. The summed E-state index contributed by atoms with van der Waals surface area (Å²) in [6.45, 7) is 2.27. The van der Waals surface area contributed by atoms with E-state index in [1.807, 2.05) is 24.0 Å². The van der Waals surface area contributed by atoms with Crippen LogP contribution < -0.4 is 4.74 Å². The number of benzene rings is 2. The number of amidine groups is 1. The molecule has 5 rings (SSSR count). The largest absolute Gasteiger partial charge is 0.496 e. The first-order chi connectivity index (χ1) is 13.8. The number of ether oxygens (including phenoxy) is 1. The zero-order chi connectivity index (χ0) is 19.1. The van der Waals surface area contributed by atoms with Crippen LogP contribution in [-0.4, -0.2) is 34.0 Å². The Balaban J connectivity index is 1.71. The van der Waals surface area contributed by atoms with Gasteiger partial charge in [-0.3, -0.25) is 9.98 Å². The minimum atomic E-state index is 0.00912. The van der Waals surface area contributed by atoms with E-state index in [9.17, 15) is 0 Å². The highest BCUT2D eigenvalue weighted by molar-refractivity contribution is 8.14. The Kier molecular flexibility index (Phi) is 4.47. The fourth-order valence-corrected chi connectivity index (χ4v) is 5.75. The van der Waals surface area contributed by atoms with E-state index in [0.717, 1.165) is 34.2 Å². The maximum Gasteiger partial charge on any atom is 0.160 e. The number of hydrogen-bond acceptors (Lipinski definition) is 5. The van der Waals surface area contributed by atoms with E-state index in [1.54, 1.807) is 7.11 Å². The van der Waals surface area contributed by atoms with Gasteiger partial charge in [-0.05, 0) is 35.6 Å². The number of methoxy groups -OCH3 is 1. The molecule has 4 nitrogen and oxygen atoms in total. The smallest absolute Gasteiger partial charge is 0.160 e. The van der Waals surface area contributed by atoms with E-state index >= 15 is 0 Å². The molecule has 0 radical (unpaired) electrons. The Morgan fingerprint density at radius 3 is 2.64 bits per heavy atom. The number of thioether (sulfide) groups is 1. The first-order valence-corrected chi connectivity index (χ1v) is 10.8. The average molecular weight is 390 g/mol. The summed E-state index contributed by atoms with van der Waals surface area (Å²) in [4.78, 5) is 12.3. The number of aliphatic imine (C=N–C) groups is 1. The minimum Gasteiger partial charge on any atom is -0.496 e. The molecule has 3 heterocycles. The first-order valence-electron chi connectivity index (χ1n) is 9.77. The van der Waals surface area contributed by atoms with Crippen molar-refractivity contribution in [3.05, 3.63) is 72.1 Å². The van der Waals surface area contributed by atoms with Gasteiger partial charge in [0.15, 0.2) is 5.17 Å². The third kappa shape index (κ3) is 2.68. The summed E-state index contributed by atoms with van der Waals surface area (Å²) in [5, 5.41) is 3.54. The zero-order valence-corrected chi connectivity index (χ0v) is 16.9. The molecule has 0 aliphatic carbocycles. The monoisotopic (exact) mass is 389 g/mol. The van der Waals surface area contributed by atoms with Crippen LogP contribution in [-0.2, 0) is 0 Å². The fourth-order valence-electron chi connectivity index (χ4n) is 4.42. The third-order valence-electron chi connectivity index (χ3n) is 5.79. The highest BCUT2D eigenvalue weighted by atomic mass is 32.2. The summed E-state index contributed by atoms with van der Waals surface area (Å²) in [5.41, 5.74) is 2.33. The normalized spacial score (nSPS) is 23.7. The summed E-state index contributed by atoms with van der Waals surface area (Å²) >= 11 is 1.88. The second-order valence-corrected chi connectivity index (χ2v) is 8.23. The number of nitrogens with zero attached hydrogens (tertiary/aromatic N) is 3. The van der Waals surface area contributed by atoms with E-state index in [4.69, 9.17) is 9.73 Å². The van der Waals surface area contributed by atoms with Crippen LogP contribution in [0.15, 0.2) is 65.8 Å². The van der Waals surface area contributed by atoms with Crippen molar-refractivity contribution in [2.75, 3.05) is 12.9 Å². The van der Waals surface area contributed by atoms with Gasteiger partial charge in [-0.25, -0.2) is 0 Å². The standard InChI is InChI=1S/C23H23N3OS/c1-3-15-14-28-23-25-21(19-10-6-7-13-24-19)22(26(15)23)18-11-12-20(27-2)17-9-5-4-8-16(17)18/h4-13,15,21-22H,3,14H2,1-2H3. The summed E-state index contributed by atoms with van der Waals surface area (Å²) in [5.74, 6) is 2.02. The van der Waals surface area contributed by atoms with E-state index in [-0.39, 0.29) is 12.1 Å². The molecule has 0 amide bonds. The molecule has 2 aromatic carbocycles. The first kappa shape index (κ1) is 17.6. The molecule has 1 saturated heterocycles. The summed E-state index contributed by atoms with van der Waals surface area (Å²) in [6, 6.07) is 19.6. The fraction of sp³-hybridized carbons (Fsp3) is 0.304. The Hall–Kier alpha value is -2.53. The topological polar surface area (TPSA) is 37.7 Å². The van der Waals surface area contributed by atoms with Crippen LogP contribution in [0, 0.1) is 0 Å². The van der Waals surface area contributed by atoms with E-state index in [0.29, 0.717) is 6.04 Å². The molecule has 0 saturated carbocycles. The highest BCUT2D eigenvalue weighted by Crippen LogP contribution is 2.50. The van der Waals surface area contributed by atoms with E-state index < -0.39 is 0 Å². The van der Waals surface area contributed by atoms with Gasteiger partial charge in [0, 0.05) is 23.4 Å². The van der Waals surface area contributed by atoms with Crippen molar-refractivity contribution in [3.63, 3.8) is 0 Å². The van der Waals surface area contributed by atoms with Gasteiger partial charge in [-0.15, -0.1) is 0 Å². The van der Waals surface area contributed by atoms with Crippen molar-refractivity contribution in [2.45, 2.75) is 31.5 Å². The van der Waals surface area contributed by atoms with Gasteiger partial charge < -0.3 is 9.64 Å². The van der Waals surface area contributed by atoms with Crippen LogP contribution in [0.1, 0.15) is 36.7 Å². The quantitative estimate of drug-likeness (QED) is 0.613. The predicted octanol–water partition coefficient (Wildman–Crippen LogP) is 5.22. The van der Waals surface area contributed by atoms with Crippen molar-refractivity contribution in [2.24, 2.45) is 4.99 Å². The van der Waals surface area contributed by atoms with Crippen molar-refractivity contribution < 1.29 is 4.74 Å². The SMILES string of the molecule is CCC1CSC2=NC(c3ccccn3)C(c3ccc(OC)c4ccccc34)N21. The Morgan fingerprint density at radius 2 is 1.89 bits per heavy atom. The molecular weight excluding hydrogens is 366 g/mol. The number of rotatable bonds is 4. The molecule has 3 atom stereocenters. The number of hydrogen-bond donors (Lipinski definition) is 0. The Morgan fingerprint density at radius 1 is 1.07 bits per heavy atom. The van der Waals surface area contributed by atoms with Crippen LogP contribution in [0.2, 0.25) is 0 Å². The second-order valence-electron chi connectivity index (χ2n) is 7.24. The van der Waals surface area contributed by atoms with Crippen molar-refractivity contribution in [1.29, 1.82) is 0 Å². The van der Waals surface area contributed by atoms with Gasteiger partial charge in [0.05, 0.1) is 18.8 Å². The zero-order valence-electron chi connectivity index (χ0n) is 16.1. The van der Waals surface area contributed by atoms with Gasteiger partial charge >= 0.3 is 0 Å². The van der Waals surface area contributed by atoms with Crippen LogP contribution in [0.3, 0.4) is 0 Å². The Bertz CT molecular complexity index is 1040. The molecule has 0 bridgehead atoms. The summed E-state index contributed by atoms with van der Waals surface area (Å²) in [6.07, 6.45) is 2.98. The van der Waals surface area contributed by atoms with Crippen LogP contribution in [0.25, 0.3) is 10.8 Å². The van der Waals surface area contributed by atoms with Gasteiger partial charge in [-0.2, -0.15) is 0 Å². The van der Waals surface area contributed by atoms with Crippen molar-refractivity contribution in [3.8, 4) is 5.75 Å². The maximum atomic E-state index is 5.63. The molecule has 1 fully saturated rings. The van der Waals surface area contributed by atoms with Crippen molar-refractivity contribution in [1.82, 2.24) is 9.88 Å². The molecule has 142 valence electrons. The lowest BCUT2D eigenvalue weighted by molar-refractivity contribution is 0.256. The van der Waals surface area contributed by atoms with E-state index in [1.165, 1.54) is 10.9 Å². The average Bonchev–Trinajstić information content (AvgIpc) is 3.33. The third-order valence-corrected chi connectivity index (χ3v) is 6.91. The number of fused-ring (bicyclic) bond motifs is 2. The lowest BCUT2D eigenvalue weighted by Gasteiger charge is -2.32. The molecule has 3 unspecified atom stereocenters. The minimum absolute atomic E-state index is 0.00912. The summed E-state index contributed by atoms with van der Waals surface area (Å²) in [7, 11) is 1.74. The number of aromatic nitrogens is 1. The molecule has 3 aromatic rings. The van der Waals surface area contributed by atoms with Gasteiger partial charge in [0.2, 0.25) is 0 Å². The Labute approximate surface area is 169 Å². The van der Waals surface area contributed by atoms with Crippen LogP contribution >= 0.6 is 11.8 Å². The molecule has 0 spiro atoms. The van der Waals surface area contributed by atoms with Crippen molar-refractivity contribution >= 4 is 27.7 Å². The molecule has 28 heavy (non-hydrogen) atoms. The van der Waals surface area contributed by atoms with E-state index in [2.05, 4.69) is 65.3 Å². The van der Waals surface area contributed by atoms with Crippen LogP contribution in [0.5, 0.6) is 5.75 Å². The van der Waals surface area contributed by atoms with Gasteiger partial charge in [-0.1, -0.05) is 55.1 Å². The maximum absolute atomic E-state index is 5.63. The molecular formula is C23H23N3OS. The number of pyridine rings is 1. The molecule has 2 aliphatic rings. The van der Waals surface area contributed by atoms with Gasteiger partial charge in [0.1, 0.15) is 11.8 Å². The molecule has 1 aromatic heterocycles. The lowest BCUT2D eigenvalue weighted by atomic mass is 9.91.